The van der Waals surface area contributed by atoms with Crippen molar-refractivity contribution in [3.63, 3.8) is 0 Å². The van der Waals surface area contributed by atoms with E-state index in [1.165, 1.54) is 30.4 Å². The smallest absolute Gasteiger partial charge is 0.123 e. The maximum absolute atomic E-state index is 6.60. The van der Waals surface area contributed by atoms with Gasteiger partial charge in [-0.1, -0.05) is 38.3 Å². The minimum absolute atomic E-state index is 0.172. The third-order valence-electron chi connectivity index (χ3n) is 3.95. The predicted octanol–water partition coefficient (Wildman–Crippen LogP) is 3.38. The summed E-state index contributed by atoms with van der Waals surface area (Å²) < 4.78 is 5.48. The first kappa shape index (κ1) is 12.4. The Hall–Kier alpha value is -1.02. The summed E-state index contributed by atoms with van der Waals surface area (Å²) in [6, 6.07) is 6.44. The molecule has 1 aromatic carbocycles. The fraction of sp³-hybridized carbons (Fsp3) is 0.600. The minimum Gasteiger partial charge on any atom is -0.496 e. The monoisotopic (exact) mass is 233 g/mol. The molecule has 0 saturated heterocycles. The zero-order valence-electron chi connectivity index (χ0n) is 11.0. The second-order valence-electron chi connectivity index (χ2n) is 5.10. The second kappa shape index (κ2) is 5.09. The zero-order chi connectivity index (χ0) is 12.3. The van der Waals surface area contributed by atoms with E-state index in [0.717, 1.165) is 25.0 Å². The third-order valence-corrected chi connectivity index (χ3v) is 3.95. The van der Waals surface area contributed by atoms with Gasteiger partial charge in [0.05, 0.1) is 7.11 Å². The van der Waals surface area contributed by atoms with Crippen molar-refractivity contribution in [2.45, 2.75) is 51.0 Å². The van der Waals surface area contributed by atoms with Crippen molar-refractivity contribution in [2.24, 2.45) is 5.73 Å². The number of nitrogens with two attached hydrogens (primary N) is 1. The predicted molar refractivity (Wildman–Crippen MR) is 71.3 cm³/mol. The summed E-state index contributed by atoms with van der Waals surface area (Å²) in [5.41, 5.74) is 8.98. The first-order chi connectivity index (χ1) is 8.19. The summed E-state index contributed by atoms with van der Waals surface area (Å²) in [5.74, 6) is 0.951. The van der Waals surface area contributed by atoms with Gasteiger partial charge in [-0.3, -0.25) is 0 Å². The molecule has 2 heteroatoms. The normalized spacial score (nSPS) is 19.0. The summed E-state index contributed by atoms with van der Waals surface area (Å²) in [5, 5.41) is 0. The molecule has 1 aromatic rings. The second-order valence-corrected chi connectivity index (χ2v) is 5.10. The average molecular weight is 233 g/mol. The van der Waals surface area contributed by atoms with Crippen LogP contribution in [0.5, 0.6) is 5.75 Å². The van der Waals surface area contributed by atoms with Gasteiger partial charge >= 0.3 is 0 Å². The third kappa shape index (κ3) is 2.47. The lowest BCUT2D eigenvalue weighted by atomic mass is 9.76. The highest BCUT2D eigenvalue weighted by molar-refractivity contribution is 5.42. The van der Waals surface area contributed by atoms with Crippen LogP contribution in [-0.2, 0) is 12.0 Å². The molecule has 1 aliphatic carbocycles. The molecule has 1 aliphatic rings. The lowest BCUT2D eigenvalue weighted by molar-refractivity contribution is 0.289. The Labute approximate surface area is 104 Å². The van der Waals surface area contributed by atoms with Crippen molar-refractivity contribution in [3.8, 4) is 5.75 Å². The van der Waals surface area contributed by atoms with Crippen molar-refractivity contribution in [1.29, 1.82) is 0 Å². The fourth-order valence-corrected chi connectivity index (χ4v) is 2.82. The van der Waals surface area contributed by atoms with Gasteiger partial charge in [0.2, 0.25) is 0 Å². The summed E-state index contributed by atoms with van der Waals surface area (Å²) in [6.45, 7) is 2.18. The molecule has 0 atom stereocenters. The molecule has 2 nitrogen and oxygen atoms in total. The SMILES string of the molecule is CCc1ccc(OC)c(C2(N)CCCCC2)c1. The van der Waals surface area contributed by atoms with E-state index in [2.05, 4.69) is 25.1 Å². The highest BCUT2D eigenvalue weighted by Crippen LogP contribution is 2.39. The van der Waals surface area contributed by atoms with E-state index >= 15 is 0 Å². The topological polar surface area (TPSA) is 35.2 Å². The Morgan fingerprint density at radius 2 is 1.94 bits per heavy atom. The number of hydrogen-bond acceptors (Lipinski definition) is 2. The molecule has 0 spiro atoms. The van der Waals surface area contributed by atoms with Gasteiger partial charge in [0.1, 0.15) is 5.75 Å². The molecule has 17 heavy (non-hydrogen) atoms. The lowest BCUT2D eigenvalue weighted by Gasteiger charge is -2.35. The van der Waals surface area contributed by atoms with Gasteiger partial charge < -0.3 is 10.5 Å². The van der Waals surface area contributed by atoms with Gasteiger partial charge in [-0.05, 0) is 30.9 Å². The van der Waals surface area contributed by atoms with Crippen molar-refractivity contribution >= 4 is 0 Å². The van der Waals surface area contributed by atoms with Gasteiger partial charge in [-0.15, -0.1) is 0 Å². The molecule has 0 aliphatic heterocycles. The molecule has 1 saturated carbocycles. The van der Waals surface area contributed by atoms with Crippen LogP contribution in [-0.4, -0.2) is 7.11 Å². The van der Waals surface area contributed by atoms with Gasteiger partial charge in [-0.2, -0.15) is 0 Å². The highest BCUT2D eigenvalue weighted by atomic mass is 16.5. The Morgan fingerprint density at radius 1 is 1.24 bits per heavy atom. The van der Waals surface area contributed by atoms with Crippen LogP contribution >= 0.6 is 0 Å². The Balaban J connectivity index is 2.40. The molecule has 0 unspecified atom stereocenters. The fourth-order valence-electron chi connectivity index (χ4n) is 2.82. The zero-order valence-corrected chi connectivity index (χ0v) is 11.0. The number of hydrogen-bond donors (Lipinski definition) is 1. The molecular formula is C15H23NO. The molecule has 0 amide bonds. The van der Waals surface area contributed by atoms with E-state index in [4.69, 9.17) is 10.5 Å². The molecule has 1 fully saturated rings. The minimum atomic E-state index is -0.172. The molecule has 0 heterocycles. The van der Waals surface area contributed by atoms with Crippen LogP contribution in [0.25, 0.3) is 0 Å². The van der Waals surface area contributed by atoms with E-state index in [1.807, 2.05) is 0 Å². The van der Waals surface area contributed by atoms with Crippen LogP contribution in [0.15, 0.2) is 18.2 Å². The Morgan fingerprint density at radius 3 is 2.53 bits per heavy atom. The summed E-state index contributed by atoms with van der Waals surface area (Å²) in [4.78, 5) is 0. The maximum Gasteiger partial charge on any atom is 0.123 e. The standard InChI is InChI=1S/C15H23NO/c1-3-12-7-8-14(17-2)13(11-12)15(16)9-5-4-6-10-15/h7-8,11H,3-6,9-10,16H2,1-2H3. The van der Waals surface area contributed by atoms with Crippen LogP contribution in [0, 0.1) is 0 Å². The summed E-state index contributed by atoms with van der Waals surface area (Å²) in [6.07, 6.45) is 6.99. The molecule has 0 bridgehead atoms. The summed E-state index contributed by atoms with van der Waals surface area (Å²) in [7, 11) is 1.73. The number of rotatable bonds is 3. The van der Waals surface area contributed by atoms with Gasteiger partial charge in [0, 0.05) is 11.1 Å². The van der Waals surface area contributed by atoms with E-state index in [-0.39, 0.29) is 5.54 Å². The Kier molecular flexibility index (Phi) is 3.72. The lowest BCUT2D eigenvalue weighted by Crippen LogP contribution is -2.39. The van der Waals surface area contributed by atoms with Crippen LogP contribution in [0.3, 0.4) is 0 Å². The summed E-state index contributed by atoms with van der Waals surface area (Å²) >= 11 is 0. The van der Waals surface area contributed by atoms with Crippen LogP contribution in [0.1, 0.15) is 50.2 Å². The van der Waals surface area contributed by atoms with Gasteiger partial charge in [0.25, 0.3) is 0 Å². The highest BCUT2D eigenvalue weighted by Gasteiger charge is 2.32. The number of methoxy groups -OCH3 is 1. The van der Waals surface area contributed by atoms with Crippen LogP contribution < -0.4 is 10.5 Å². The van der Waals surface area contributed by atoms with Crippen molar-refractivity contribution in [3.05, 3.63) is 29.3 Å². The van der Waals surface area contributed by atoms with Crippen molar-refractivity contribution in [2.75, 3.05) is 7.11 Å². The number of aryl methyl sites for hydroxylation is 1. The van der Waals surface area contributed by atoms with Crippen LogP contribution in [0.2, 0.25) is 0 Å². The first-order valence-corrected chi connectivity index (χ1v) is 6.66. The van der Waals surface area contributed by atoms with Crippen molar-refractivity contribution < 1.29 is 4.74 Å². The largest absolute Gasteiger partial charge is 0.496 e. The van der Waals surface area contributed by atoms with Gasteiger partial charge in [0.15, 0.2) is 0 Å². The molecule has 0 radical (unpaired) electrons. The van der Waals surface area contributed by atoms with E-state index in [1.54, 1.807) is 7.11 Å². The quantitative estimate of drug-likeness (QED) is 0.868. The molecule has 2 rings (SSSR count). The van der Waals surface area contributed by atoms with Crippen LogP contribution in [0.4, 0.5) is 0 Å². The van der Waals surface area contributed by atoms with E-state index in [9.17, 15) is 0 Å². The molecule has 2 N–H and O–H groups in total. The molecule has 0 aromatic heterocycles. The van der Waals surface area contributed by atoms with Crippen molar-refractivity contribution in [1.82, 2.24) is 0 Å². The van der Waals surface area contributed by atoms with E-state index in [0.29, 0.717) is 0 Å². The number of ether oxygens (including phenoxy) is 1. The van der Waals surface area contributed by atoms with E-state index < -0.39 is 0 Å². The molecular weight excluding hydrogens is 210 g/mol. The Bertz CT molecular complexity index is 381. The average Bonchev–Trinajstić information content (AvgIpc) is 2.39. The van der Waals surface area contributed by atoms with Gasteiger partial charge in [-0.25, -0.2) is 0 Å². The number of benzene rings is 1. The first-order valence-electron chi connectivity index (χ1n) is 6.66. The maximum atomic E-state index is 6.60. The molecule has 94 valence electrons.